The minimum atomic E-state index is 0.550. The van der Waals surface area contributed by atoms with Crippen LogP contribution in [0.5, 0.6) is 0 Å². The van der Waals surface area contributed by atoms with Crippen molar-refractivity contribution in [2.45, 2.75) is 78.2 Å². The number of rotatable bonds is 5. The zero-order valence-electron chi connectivity index (χ0n) is 13.7. The molecule has 1 fully saturated rings. The second-order valence-electron chi connectivity index (χ2n) is 6.38. The van der Waals surface area contributed by atoms with Crippen LogP contribution in [0.3, 0.4) is 0 Å². The fraction of sp³-hybridized carbons (Fsp3) is 0.824. The smallest absolute Gasteiger partial charge is 0.0631 e. The molecular formula is C17H31N3. The molecule has 0 bridgehead atoms. The lowest BCUT2D eigenvalue weighted by Crippen LogP contribution is -2.20. The van der Waals surface area contributed by atoms with Crippen molar-refractivity contribution in [3.63, 3.8) is 0 Å². The van der Waals surface area contributed by atoms with Crippen molar-refractivity contribution in [1.82, 2.24) is 15.1 Å². The van der Waals surface area contributed by atoms with Crippen molar-refractivity contribution in [2.24, 2.45) is 0 Å². The second kappa shape index (κ2) is 7.26. The van der Waals surface area contributed by atoms with Gasteiger partial charge in [-0.05, 0) is 39.2 Å². The van der Waals surface area contributed by atoms with E-state index in [1.54, 1.807) is 0 Å². The first-order chi connectivity index (χ1) is 9.65. The maximum Gasteiger partial charge on any atom is 0.0631 e. The topological polar surface area (TPSA) is 29.9 Å². The number of likely N-dealkylation sites (N-methyl/N-ethyl adjacent to an activating group) is 1. The highest BCUT2D eigenvalue weighted by molar-refractivity contribution is 5.29. The van der Waals surface area contributed by atoms with E-state index in [1.165, 1.54) is 55.5 Å². The zero-order valence-corrected chi connectivity index (χ0v) is 13.7. The van der Waals surface area contributed by atoms with Crippen molar-refractivity contribution in [1.29, 1.82) is 0 Å². The maximum absolute atomic E-state index is 4.89. The molecule has 1 aliphatic rings. The van der Waals surface area contributed by atoms with E-state index < -0.39 is 0 Å². The number of hydrogen-bond acceptors (Lipinski definition) is 2. The molecule has 1 aromatic heterocycles. The first kappa shape index (κ1) is 15.6. The van der Waals surface area contributed by atoms with E-state index in [9.17, 15) is 0 Å². The lowest BCUT2D eigenvalue weighted by atomic mass is 9.98. The number of nitrogens with one attached hydrogen (secondary N) is 1. The highest BCUT2D eigenvalue weighted by Gasteiger charge is 2.22. The van der Waals surface area contributed by atoms with E-state index in [0.717, 1.165) is 13.1 Å². The van der Waals surface area contributed by atoms with Crippen molar-refractivity contribution in [3.8, 4) is 0 Å². The summed E-state index contributed by atoms with van der Waals surface area (Å²) in [7, 11) is 0. The molecule has 1 saturated carbocycles. The standard InChI is InChI=1S/C17H31N3/c1-5-18-12-13(2)17-14(3)19-20(15(17)4)16-10-8-6-7-9-11-16/h13,16,18H,5-12H2,1-4H3. The molecule has 1 unspecified atom stereocenters. The molecule has 1 aliphatic carbocycles. The van der Waals surface area contributed by atoms with Crippen LogP contribution in [0.15, 0.2) is 0 Å². The molecule has 1 N–H and O–H groups in total. The van der Waals surface area contributed by atoms with Gasteiger partial charge in [-0.3, -0.25) is 4.68 Å². The van der Waals surface area contributed by atoms with E-state index in [0.29, 0.717) is 12.0 Å². The van der Waals surface area contributed by atoms with Crippen molar-refractivity contribution in [2.75, 3.05) is 13.1 Å². The van der Waals surface area contributed by atoms with Gasteiger partial charge in [0.05, 0.1) is 11.7 Å². The molecule has 20 heavy (non-hydrogen) atoms. The maximum atomic E-state index is 4.89. The molecule has 1 atom stereocenters. The molecule has 0 spiro atoms. The average molecular weight is 277 g/mol. The van der Waals surface area contributed by atoms with Crippen molar-refractivity contribution >= 4 is 0 Å². The lowest BCUT2D eigenvalue weighted by Gasteiger charge is -2.18. The van der Waals surface area contributed by atoms with Crippen LogP contribution in [-0.4, -0.2) is 22.9 Å². The number of aromatic nitrogens is 2. The van der Waals surface area contributed by atoms with Gasteiger partial charge in [0, 0.05) is 17.8 Å². The third-order valence-corrected chi connectivity index (χ3v) is 4.74. The minimum absolute atomic E-state index is 0.550. The van der Waals surface area contributed by atoms with Gasteiger partial charge in [0.15, 0.2) is 0 Å². The molecule has 0 aromatic carbocycles. The fourth-order valence-corrected chi connectivity index (χ4v) is 3.71. The van der Waals surface area contributed by atoms with Gasteiger partial charge < -0.3 is 5.32 Å². The number of hydrogen-bond donors (Lipinski definition) is 1. The molecule has 0 radical (unpaired) electrons. The molecule has 2 rings (SSSR count). The van der Waals surface area contributed by atoms with Crippen molar-refractivity contribution < 1.29 is 0 Å². The number of aryl methyl sites for hydroxylation is 1. The summed E-state index contributed by atoms with van der Waals surface area (Å²) in [5, 5.41) is 8.36. The summed E-state index contributed by atoms with van der Waals surface area (Å²) in [5.41, 5.74) is 4.10. The third kappa shape index (κ3) is 3.43. The van der Waals surface area contributed by atoms with Crippen LogP contribution in [0.1, 0.15) is 81.3 Å². The Balaban J connectivity index is 2.18. The summed E-state index contributed by atoms with van der Waals surface area (Å²) in [5.74, 6) is 0.550. The highest BCUT2D eigenvalue weighted by Crippen LogP contribution is 2.31. The second-order valence-corrected chi connectivity index (χ2v) is 6.38. The molecule has 3 heteroatoms. The summed E-state index contributed by atoms with van der Waals surface area (Å²) in [6, 6.07) is 0.635. The van der Waals surface area contributed by atoms with E-state index in [4.69, 9.17) is 5.10 Å². The van der Waals surface area contributed by atoms with Crippen LogP contribution < -0.4 is 5.32 Å². The Morgan fingerprint density at radius 2 is 1.85 bits per heavy atom. The van der Waals surface area contributed by atoms with Gasteiger partial charge in [-0.1, -0.05) is 39.5 Å². The Kier molecular flexibility index (Phi) is 5.64. The predicted molar refractivity (Wildman–Crippen MR) is 85.4 cm³/mol. The van der Waals surface area contributed by atoms with E-state index in [1.807, 2.05) is 0 Å². The first-order valence-corrected chi connectivity index (χ1v) is 8.41. The van der Waals surface area contributed by atoms with E-state index in [2.05, 4.69) is 37.7 Å². The van der Waals surface area contributed by atoms with Gasteiger partial charge in [0.1, 0.15) is 0 Å². The normalized spacial score (nSPS) is 19.0. The molecule has 1 aromatic rings. The monoisotopic (exact) mass is 277 g/mol. The van der Waals surface area contributed by atoms with Crippen molar-refractivity contribution in [3.05, 3.63) is 17.0 Å². The summed E-state index contributed by atoms with van der Waals surface area (Å²) >= 11 is 0. The molecule has 114 valence electrons. The molecule has 0 amide bonds. The zero-order chi connectivity index (χ0) is 14.5. The van der Waals surface area contributed by atoms with Gasteiger partial charge in [-0.15, -0.1) is 0 Å². The molecular weight excluding hydrogens is 246 g/mol. The van der Waals surface area contributed by atoms with E-state index in [-0.39, 0.29) is 0 Å². The largest absolute Gasteiger partial charge is 0.316 e. The lowest BCUT2D eigenvalue weighted by molar-refractivity contribution is 0.396. The summed E-state index contributed by atoms with van der Waals surface area (Å²) in [6.07, 6.45) is 8.15. The first-order valence-electron chi connectivity index (χ1n) is 8.41. The van der Waals surface area contributed by atoms with Crippen LogP contribution in [-0.2, 0) is 0 Å². The number of nitrogens with zero attached hydrogens (tertiary/aromatic N) is 2. The van der Waals surface area contributed by atoms with Gasteiger partial charge >= 0.3 is 0 Å². The third-order valence-electron chi connectivity index (χ3n) is 4.74. The van der Waals surface area contributed by atoms with Crippen LogP contribution in [0, 0.1) is 13.8 Å². The average Bonchev–Trinajstić information content (AvgIpc) is 2.62. The summed E-state index contributed by atoms with van der Waals surface area (Å²) in [6.45, 7) is 11.0. The Bertz CT molecular complexity index is 414. The van der Waals surface area contributed by atoms with Gasteiger partial charge in [-0.2, -0.15) is 5.10 Å². The minimum Gasteiger partial charge on any atom is -0.316 e. The molecule has 1 heterocycles. The highest BCUT2D eigenvalue weighted by atomic mass is 15.3. The van der Waals surface area contributed by atoms with Crippen LogP contribution >= 0.6 is 0 Å². The summed E-state index contributed by atoms with van der Waals surface area (Å²) < 4.78 is 2.35. The Morgan fingerprint density at radius 3 is 2.45 bits per heavy atom. The van der Waals surface area contributed by atoms with Crippen LogP contribution in [0.2, 0.25) is 0 Å². The van der Waals surface area contributed by atoms with E-state index >= 15 is 0 Å². The molecule has 0 aliphatic heterocycles. The van der Waals surface area contributed by atoms with Gasteiger partial charge in [-0.25, -0.2) is 0 Å². The Morgan fingerprint density at radius 1 is 1.20 bits per heavy atom. The molecule has 0 saturated heterocycles. The Labute approximate surface area is 124 Å². The Hall–Kier alpha value is -0.830. The van der Waals surface area contributed by atoms with Gasteiger partial charge in [0.25, 0.3) is 0 Å². The fourth-order valence-electron chi connectivity index (χ4n) is 3.71. The van der Waals surface area contributed by atoms with Crippen LogP contribution in [0.4, 0.5) is 0 Å². The quantitative estimate of drug-likeness (QED) is 0.821. The predicted octanol–water partition coefficient (Wildman–Crippen LogP) is 4.11. The SMILES string of the molecule is CCNCC(C)c1c(C)nn(C2CCCCCC2)c1C. The van der Waals surface area contributed by atoms with Gasteiger partial charge in [0.2, 0.25) is 0 Å². The summed E-state index contributed by atoms with van der Waals surface area (Å²) in [4.78, 5) is 0. The molecule has 3 nitrogen and oxygen atoms in total. The van der Waals surface area contributed by atoms with Crippen LogP contribution in [0.25, 0.3) is 0 Å².